The summed E-state index contributed by atoms with van der Waals surface area (Å²) in [5, 5.41) is 3.40. The Morgan fingerprint density at radius 3 is 2.96 bits per heavy atom. The maximum Gasteiger partial charge on any atom is 0.226 e. The first-order valence-electron chi connectivity index (χ1n) is 9.02. The standard InChI is InChI=1S/C21H21N3O/c1-13-4-2-5-15(10-13)21-24-17-8-7-14(11-19(17)25-21)20-16(18-12-23-18)6-3-9-22-20/h2-6,9-10,14,18,23H,7-8,11-12H2,1H3. The monoisotopic (exact) mass is 331 g/mol. The number of benzene rings is 1. The van der Waals surface area contributed by atoms with Gasteiger partial charge in [0.1, 0.15) is 5.76 Å². The van der Waals surface area contributed by atoms with E-state index < -0.39 is 0 Å². The molecule has 0 radical (unpaired) electrons. The highest BCUT2D eigenvalue weighted by atomic mass is 16.4. The summed E-state index contributed by atoms with van der Waals surface area (Å²) in [5.74, 6) is 2.21. The van der Waals surface area contributed by atoms with E-state index >= 15 is 0 Å². The third kappa shape index (κ3) is 2.76. The highest BCUT2D eigenvalue weighted by molar-refractivity contribution is 5.55. The molecule has 2 aromatic heterocycles. The Balaban J connectivity index is 1.45. The van der Waals surface area contributed by atoms with Crippen LogP contribution < -0.4 is 5.32 Å². The Labute approximate surface area is 147 Å². The van der Waals surface area contributed by atoms with E-state index in [0.29, 0.717) is 12.0 Å². The molecule has 0 bridgehead atoms. The van der Waals surface area contributed by atoms with Crippen molar-refractivity contribution in [2.45, 2.75) is 38.1 Å². The van der Waals surface area contributed by atoms with Gasteiger partial charge in [0.15, 0.2) is 0 Å². The summed E-state index contributed by atoms with van der Waals surface area (Å²) >= 11 is 0. The zero-order valence-corrected chi connectivity index (χ0v) is 14.3. The van der Waals surface area contributed by atoms with Crippen LogP contribution in [0.2, 0.25) is 0 Å². The van der Waals surface area contributed by atoms with E-state index in [-0.39, 0.29) is 0 Å². The maximum atomic E-state index is 6.16. The van der Waals surface area contributed by atoms with E-state index in [9.17, 15) is 0 Å². The predicted octanol–water partition coefficient (Wildman–Crippen LogP) is 3.96. The first kappa shape index (κ1) is 14.8. The molecular formula is C21H21N3O. The molecular weight excluding hydrogens is 310 g/mol. The second kappa shape index (κ2) is 5.81. The Kier molecular flexibility index (Phi) is 3.45. The first-order chi connectivity index (χ1) is 12.3. The lowest BCUT2D eigenvalue weighted by atomic mass is 9.85. The molecule has 126 valence electrons. The highest BCUT2D eigenvalue weighted by Gasteiger charge is 2.32. The van der Waals surface area contributed by atoms with Crippen molar-refractivity contribution in [1.82, 2.24) is 15.3 Å². The van der Waals surface area contributed by atoms with Gasteiger partial charge in [-0.3, -0.25) is 4.98 Å². The topological polar surface area (TPSA) is 60.9 Å². The van der Waals surface area contributed by atoms with Crippen LogP contribution >= 0.6 is 0 Å². The SMILES string of the molecule is Cc1cccc(-c2nc3c(o2)CC(c2ncccc2C2CN2)CC3)c1. The van der Waals surface area contributed by atoms with Gasteiger partial charge in [-0.05, 0) is 43.5 Å². The normalized spacial score (nSPS) is 21.8. The van der Waals surface area contributed by atoms with Crippen molar-refractivity contribution in [1.29, 1.82) is 0 Å². The smallest absolute Gasteiger partial charge is 0.226 e. The van der Waals surface area contributed by atoms with Gasteiger partial charge in [0.2, 0.25) is 5.89 Å². The van der Waals surface area contributed by atoms with Gasteiger partial charge in [0.05, 0.1) is 5.69 Å². The molecule has 1 fully saturated rings. The summed E-state index contributed by atoms with van der Waals surface area (Å²) in [5.41, 5.74) is 5.99. The molecule has 4 nitrogen and oxygen atoms in total. The Morgan fingerprint density at radius 1 is 1.20 bits per heavy atom. The number of oxazole rings is 1. The summed E-state index contributed by atoms with van der Waals surface area (Å²) in [6, 6.07) is 13.1. The number of nitrogens with zero attached hydrogens (tertiary/aromatic N) is 2. The highest BCUT2D eigenvalue weighted by Crippen LogP contribution is 2.37. The van der Waals surface area contributed by atoms with Gasteiger partial charge in [0, 0.05) is 42.4 Å². The second-order valence-electron chi connectivity index (χ2n) is 7.14. The van der Waals surface area contributed by atoms with Crippen molar-refractivity contribution >= 4 is 0 Å². The van der Waals surface area contributed by atoms with Crippen LogP contribution in [0.1, 0.15) is 46.7 Å². The molecule has 1 saturated heterocycles. The predicted molar refractivity (Wildman–Crippen MR) is 96.4 cm³/mol. The minimum Gasteiger partial charge on any atom is -0.441 e. The fraction of sp³-hybridized carbons (Fsp3) is 0.333. The maximum absolute atomic E-state index is 6.16. The number of hydrogen-bond donors (Lipinski definition) is 1. The van der Waals surface area contributed by atoms with E-state index in [1.807, 2.05) is 12.3 Å². The van der Waals surface area contributed by atoms with Gasteiger partial charge in [-0.15, -0.1) is 0 Å². The van der Waals surface area contributed by atoms with Gasteiger partial charge in [-0.25, -0.2) is 4.98 Å². The molecule has 0 spiro atoms. The van der Waals surface area contributed by atoms with Crippen molar-refractivity contribution in [3.8, 4) is 11.5 Å². The number of pyridine rings is 1. The molecule has 25 heavy (non-hydrogen) atoms. The lowest BCUT2D eigenvalue weighted by Gasteiger charge is -2.21. The molecule has 4 heteroatoms. The minimum absolute atomic E-state index is 0.421. The summed E-state index contributed by atoms with van der Waals surface area (Å²) in [4.78, 5) is 9.47. The van der Waals surface area contributed by atoms with Crippen LogP contribution in [-0.4, -0.2) is 16.5 Å². The molecule has 1 N–H and O–H groups in total. The lowest BCUT2D eigenvalue weighted by molar-refractivity contribution is 0.452. The fourth-order valence-electron chi connectivity index (χ4n) is 3.85. The molecule has 5 rings (SSSR count). The summed E-state index contributed by atoms with van der Waals surface area (Å²) in [6.45, 7) is 3.16. The van der Waals surface area contributed by atoms with Crippen molar-refractivity contribution in [2.75, 3.05) is 6.54 Å². The molecule has 2 atom stereocenters. The molecule has 2 aliphatic rings. The number of fused-ring (bicyclic) bond motifs is 1. The van der Waals surface area contributed by atoms with Crippen LogP contribution in [0.3, 0.4) is 0 Å². The third-order valence-electron chi connectivity index (χ3n) is 5.25. The molecule has 3 heterocycles. The molecule has 1 aliphatic carbocycles. The van der Waals surface area contributed by atoms with Crippen LogP contribution in [0, 0.1) is 6.92 Å². The van der Waals surface area contributed by atoms with Crippen LogP contribution in [0.4, 0.5) is 0 Å². The van der Waals surface area contributed by atoms with Gasteiger partial charge < -0.3 is 9.73 Å². The van der Waals surface area contributed by atoms with E-state index in [4.69, 9.17) is 14.4 Å². The average Bonchev–Trinajstić information content (AvgIpc) is 3.40. The van der Waals surface area contributed by atoms with Crippen molar-refractivity contribution in [3.63, 3.8) is 0 Å². The summed E-state index contributed by atoms with van der Waals surface area (Å²) in [7, 11) is 0. The number of aromatic nitrogens is 2. The van der Waals surface area contributed by atoms with E-state index in [1.54, 1.807) is 0 Å². The van der Waals surface area contributed by atoms with Crippen molar-refractivity contribution in [3.05, 3.63) is 70.9 Å². The summed E-state index contributed by atoms with van der Waals surface area (Å²) < 4.78 is 6.16. The minimum atomic E-state index is 0.421. The Hall–Kier alpha value is -2.46. The molecule has 1 aliphatic heterocycles. The molecule has 0 saturated carbocycles. The van der Waals surface area contributed by atoms with Crippen LogP contribution in [-0.2, 0) is 12.8 Å². The van der Waals surface area contributed by atoms with E-state index in [0.717, 1.165) is 48.7 Å². The largest absolute Gasteiger partial charge is 0.441 e. The third-order valence-corrected chi connectivity index (χ3v) is 5.25. The number of hydrogen-bond acceptors (Lipinski definition) is 4. The molecule has 2 unspecified atom stereocenters. The second-order valence-corrected chi connectivity index (χ2v) is 7.14. The van der Waals surface area contributed by atoms with Crippen molar-refractivity contribution in [2.24, 2.45) is 0 Å². The summed E-state index contributed by atoms with van der Waals surface area (Å²) in [6.07, 6.45) is 4.85. The quantitative estimate of drug-likeness (QED) is 0.738. The van der Waals surface area contributed by atoms with Crippen molar-refractivity contribution < 1.29 is 4.42 Å². The number of aryl methyl sites for hydroxylation is 2. The lowest BCUT2D eigenvalue weighted by Crippen LogP contribution is -2.15. The first-order valence-corrected chi connectivity index (χ1v) is 9.02. The zero-order chi connectivity index (χ0) is 16.8. The molecule has 0 amide bonds. The Bertz CT molecular complexity index is 926. The zero-order valence-electron chi connectivity index (χ0n) is 14.3. The number of rotatable bonds is 3. The van der Waals surface area contributed by atoms with Crippen LogP contribution in [0.25, 0.3) is 11.5 Å². The molecule has 3 aromatic rings. The van der Waals surface area contributed by atoms with E-state index in [1.165, 1.54) is 16.8 Å². The van der Waals surface area contributed by atoms with Gasteiger partial charge >= 0.3 is 0 Å². The molecule has 1 aromatic carbocycles. The fourth-order valence-corrected chi connectivity index (χ4v) is 3.85. The van der Waals surface area contributed by atoms with Gasteiger partial charge in [-0.2, -0.15) is 0 Å². The van der Waals surface area contributed by atoms with E-state index in [2.05, 4.69) is 42.6 Å². The van der Waals surface area contributed by atoms with Crippen LogP contribution in [0.5, 0.6) is 0 Å². The van der Waals surface area contributed by atoms with Gasteiger partial charge in [0.25, 0.3) is 0 Å². The van der Waals surface area contributed by atoms with Crippen LogP contribution in [0.15, 0.2) is 47.0 Å². The average molecular weight is 331 g/mol. The van der Waals surface area contributed by atoms with Gasteiger partial charge in [-0.1, -0.05) is 23.8 Å². The Morgan fingerprint density at radius 2 is 2.12 bits per heavy atom. The number of nitrogens with one attached hydrogen (secondary N) is 1.